The fraction of sp³-hybridized carbons (Fsp3) is 1.00. The van der Waals surface area contributed by atoms with Crippen molar-refractivity contribution in [2.24, 2.45) is 5.92 Å². The van der Waals surface area contributed by atoms with E-state index in [4.69, 9.17) is 0 Å². The third-order valence-electron chi connectivity index (χ3n) is 3.21. The lowest BCUT2D eigenvalue weighted by atomic mass is 9.87. The molecular formula is C12H26N2O2. The van der Waals surface area contributed by atoms with Crippen molar-refractivity contribution in [3.8, 4) is 0 Å². The zero-order valence-corrected chi connectivity index (χ0v) is 10.5. The van der Waals surface area contributed by atoms with Crippen LogP contribution in [0, 0.1) is 5.92 Å². The van der Waals surface area contributed by atoms with Crippen molar-refractivity contribution < 1.29 is 10.2 Å². The van der Waals surface area contributed by atoms with E-state index in [-0.39, 0.29) is 12.2 Å². The summed E-state index contributed by atoms with van der Waals surface area (Å²) in [5.41, 5.74) is 0. The number of nitrogens with zero attached hydrogens (tertiary/aromatic N) is 1. The maximum atomic E-state index is 9.65. The average Bonchev–Trinajstić information content (AvgIpc) is 2.20. The fourth-order valence-electron chi connectivity index (χ4n) is 2.29. The second-order valence-corrected chi connectivity index (χ2v) is 5.25. The summed E-state index contributed by atoms with van der Waals surface area (Å²) in [6.45, 7) is 2.34. The zero-order valence-electron chi connectivity index (χ0n) is 10.5. The molecule has 96 valence electrons. The molecule has 0 amide bonds. The molecular weight excluding hydrogens is 204 g/mol. The van der Waals surface area contributed by atoms with Gasteiger partial charge in [-0.1, -0.05) is 0 Å². The maximum Gasteiger partial charge on any atom is 0.0791 e. The Hall–Kier alpha value is -0.160. The predicted octanol–water partition coefficient (Wildman–Crippen LogP) is 0.0496. The van der Waals surface area contributed by atoms with E-state index >= 15 is 0 Å². The molecule has 4 heteroatoms. The zero-order chi connectivity index (χ0) is 12.0. The van der Waals surface area contributed by atoms with Crippen LogP contribution in [-0.4, -0.2) is 61.1 Å². The molecule has 0 aliphatic heterocycles. The fourth-order valence-corrected chi connectivity index (χ4v) is 2.29. The van der Waals surface area contributed by atoms with Gasteiger partial charge in [0, 0.05) is 13.1 Å². The molecule has 0 aromatic carbocycles. The third kappa shape index (κ3) is 5.80. The van der Waals surface area contributed by atoms with Gasteiger partial charge in [0.25, 0.3) is 0 Å². The summed E-state index contributed by atoms with van der Waals surface area (Å²) in [4.78, 5) is 1.99. The third-order valence-corrected chi connectivity index (χ3v) is 3.21. The van der Waals surface area contributed by atoms with Crippen molar-refractivity contribution in [1.29, 1.82) is 0 Å². The topological polar surface area (TPSA) is 55.7 Å². The molecule has 1 saturated carbocycles. The van der Waals surface area contributed by atoms with Crippen LogP contribution in [0.4, 0.5) is 0 Å². The largest absolute Gasteiger partial charge is 0.393 e. The molecule has 1 aliphatic rings. The molecule has 1 aliphatic carbocycles. The van der Waals surface area contributed by atoms with Gasteiger partial charge in [0.2, 0.25) is 0 Å². The smallest absolute Gasteiger partial charge is 0.0791 e. The van der Waals surface area contributed by atoms with E-state index in [9.17, 15) is 10.2 Å². The molecule has 0 saturated heterocycles. The summed E-state index contributed by atoms with van der Waals surface area (Å²) < 4.78 is 0. The van der Waals surface area contributed by atoms with E-state index in [2.05, 4.69) is 5.32 Å². The molecule has 1 unspecified atom stereocenters. The Bertz CT molecular complexity index is 180. The van der Waals surface area contributed by atoms with E-state index in [1.165, 1.54) is 0 Å². The molecule has 4 nitrogen and oxygen atoms in total. The minimum atomic E-state index is -0.288. The van der Waals surface area contributed by atoms with Crippen molar-refractivity contribution in [1.82, 2.24) is 10.2 Å². The summed E-state index contributed by atoms with van der Waals surface area (Å²) in [5.74, 6) is 0.676. The molecule has 0 aromatic rings. The number of hydrogen-bond donors (Lipinski definition) is 3. The minimum Gasteiger partial charge on any atom is -0.393 e. The molecule has 1 atom stereocenters. The van der Waals surface area contributed by atoms with E-state index in [1.54, 1.807) is 0 Å². The lowest BCUT2D eigenvalue weighted by Gasteiger charge is -2.26. The lowest BCUT2D eigenvalue weighted by Crippen LogP contribution is -2.37. The molecule has 0 heterocycles. The van der Waals surface area contributed by atoms with Crippen LogP contribution in [0.1, 0.15) is 25.7 Å². The van der Waals surface area contributed by atoms with Gasteiger partial charge in [0.15, 0.2) is 0 Å². The number of hydrogen-bond acceptors (Lipinski definition) is 4. The first-order valence-electron chi connectivity index (χ1n) is 6.29. The van der Waals surface area contributed by atoms with Gasteiger partial charge in [-0.25, -0.2) is 0 Å². The first-order chi connectivity index (χ1) is 7.58. The summed E-state index contributed by atoms with van der Waals surface area (Å²) in [5, 5.41) is 22.3. The average molecular weight is 230 g/mol. The van der Waals surface area contributed by atoms with Gasteiger partial charge in [0.05, 0.1) is 12.2 Å². The number of nitrogens with one attached hydrogen (secondary N) is 1. The molecule has 1 rings (SSSR count). The highest BCUT2D eigenvalue weighted by atomic mass is 16.3. The van der Waals surface area contributed by atoms with Crippen LogP contribution in [-0.2, 0) is 0 Å². The van der Waals surface area contributed by atoms with Crippen LogP contribution in [0.2, 0.25) is 0 Å². The van der Waals surface area contributed by atoms with Gasteiger partial charge < -0.3 is 20.4 Å². The maximum absolute atomic E-state index is 9.65. The highest BCUT2D eigenvalue weighted by molar-refractivity contribution is 4.74. The predicted molar refractivity (Wildman–Crippen MR) is 65.4 cm³/mol. The van der Waals surface area contributed by atoms with E-state index in [0.717, 1.165) is 32.2 Å². The van der Waals surface area contributed by atoms with Crippen molar-refractivity contribution >= 4 is 0 Å². The van der Waals surface area contributed by atoms with Crippen LogP contribution in [0.15, 0.2) is 0 Å². The summed E-state index contributed by atoms with van der Waals surface area (Å²) in [6.07, 6.45) is 3.73. The van der Waals surface area contributed by atoms with Crippen LogP contribution in [0.5, 0.6) is 0 Å². The highest BCUT2D eigenvalue weighted by Gasteiger charge is 2.19. The second-order valence-electron chi connectivity index (χ2n) is 5.25. The number of rotatable bonds is 6. The Morgan fingerprint density at radius 3 is 2.44 bits per heavy atom. The van der Waals surface area contributed by atoms with E-state index < -0.39 is 0 Å². The SMILES string of the molecule is CN(C)CC(O)CNCC1CCC(O)CC1. The highest BCUT2D eigenvalue weighted by Crippen LogP contribution is 2.23. The first kappa shape index (κ1) is 13.9. The van der Waals surface area contributed by atoms with Gasteiger partial charge in [-0.15, -0.1) is 0 Å². The Morgan fingerprint density at radius 1 is 1.25 bits per heavy atom. The standard InChI is InChI=1S/C12H26N2O2/c1-14(2)9-12(16)8-13-7-10-3-5-11(15)6-4-10/h10-13,15-16H,3-9H2,1-2H3. The Kier molecular flexibility index (Phi) is 6.28. The number of aliphatic hydroxyl groups excluding tert-OH is 2. The van der Waals surface area contributed by atoms with Gasteiger partial charge in [-0.3, -0.25) is 0 Å². The molecule has 16 heavy (non-hydrogen) atoms. The summed E-state index contributed by atoms with van der Waals surface area (Å²) in [6, 6.07) is 0. The van der Waals surface area contributed by atoms with Crippen LogP contribution >= 0.6 is 0 Å². The Balaban J connectivity index is 2.02. The van der Waals surface area contributed by atoms with Crippen LogP contribution < -0.4 is 5.32 Å². The quantitative estimate of drug-likeness (QED) is 0.603. The van der Waals surface area contributed by atoms with Gasteiger partial charge in [-0.2, -0.15) is 0 Å². The van der Waals surface area contributed by atoms with Gasteiger partial charge in [0.1, 0.15) is 0 Å². The summed E-state index contributed by atoms with van der Waals surface area (Å²) in [7, 11) is 3.93. The first-order valence-corrected chi connectivity index (χ1v) is 6.29. The minimum absolute atomic E-state index is 0.0735. The van der Waals surface area contributed by atoms with E-state index in [1.807, 2.05) is 19.0 Å². The monoisotopic (exact) mass is 230 g/mol. The summed E-state index contributed by atoms with van der Waals surface area (Å²) >= 11 is 0. The molecule has 0 radical (unpaired) electrons. The molecule has 0 bridgehead atoms. The van der Waals surface area contributed by atoms with Crippen molar-refractivity contribution in [3.63, 3.8) is 0 Å². The van der Waals surface area contributed by atoms with Crippen molar-refractivity contribution in [2.75, 3.05) is 33.7 Å². The number of likely N-dealkylation sites (N-methyl/N-ethyl adjacent to an activating group) is 1. The second kappa shape index (κ2) is 7.22. The number of aliphatic hydroxyl groups is 2. The molecule has 0 spiro atoms. The van der Waals surface area contributed by atoms with E-state index in [0.29, 0.717) is 19.0 Å². The lowest BCUT2D eigenvalue weighted by molar-refractivity contribution is 0.103. The molecule has 0 aromatic heterocycles. The van der Waals surface area contributed by atoms with Crippen molar-refractivity contribution in [2.45, 2.75) is 37.9 Å². The Morgan fingerprint density at radius 2 is 1.88 bits per heavy atom. The normalized spacial score (nSPS) is 28.3. The Labute approximate surface area is 98.6 Å². The molecule has 3 N–H and O–H groups in total. The van der Waals surface area contributed by atoms with Gasteiger partial charge >= 0.3 is 0 Å². The van der Waals surface area contributed by atoms with Crippen LogP contribution in [0.25, 0.3) is 0 Å². The van der Waals surface area contributed by atoms with Crippen LogP contribution in [0.3, 0.4) is 0 Å². The molecule has 1 fully saturated rings. The van der Waals surface area contributed by atoms with Crippen molar-refractivity contribution in [3.05, 3.63) is 0 Å². The van der Waals surface area contributed by atoms with Gasteiger partial charge in [-0.05, 0) is 52.2 Å².